The lowest BCUT2D eigenvalue weighted by atomic mass is 9.93. The molecule has 66 heavy (non-hydrogen) atoms. The number of aliphatic hydroxyl groups is 2. The fraction of sp³-hybridized carbons (Fsp3) is 0.556. The van der Waals surface area contributed by atoms with Crippen LogP contribution in [0.15, 0.2) is 73.3 Å². The van der Waals surface area contributed by atoms with Crippen LogP contribution in [0.1, 0.15) is 155 Å². The van der Waals surface area contributed by atoms with E-state index in [-0.39, 0.29) is 12.2 Å². The van der Waals surface area contributed by atoms with E-state index >= 15 is 0 Å². The van der Waals surface area contributed by atoms with Crippen LogP contribution in [-0.4, -0.2) is 76.7 Å². The molecular weight excluding hydrogens is 821 g/mol. The summed E-state index contributed by atoms with van der Waals surface area (Å²) in [6.45, 7) is 17.0. The van der Waals surface area contributed by atoms with Crippen LogP contribution in [-0.2, 0) is 13.1 Å². The van der Waals surface area contributed by atoms with Crippen LogP contribution in [0.5, 0.6) is 0 Å². The van der Waals surface area contributed by atoms with Crippen LogP contribution >= 0.6 is 0 Å². The quantitative estimate of drug-likeness (QED) is 0.0409. The third-order valence-electron chi connectivity index (χ3n) is 13.5. The molecule has 8 rings (SSSR count). The molecule has 2 aromatic carbocycles. The highest BCUT2D eigenvalue weighted by Crippen LogP contribution is 2.38. The summed E-state index contributed by atoms with van der Waals surface area (Å²) in [5.74, 6) is 1.39. The lowest BCUT2D eigenvalue weighted by molar-refractivity contribution is 0.111. The molecule has 2 saturated carbocycles. The second-order valence-corrected chi connectivity index (χ2v) is 19.1. The molecule has 0 unspecified atom stereocenters. The number of nitrogens with zero attached hydrogens (tertiary/aromatic N) is 6. The number of aliphatic hydroxyl groups excluding tert-OH is 2. The molecule has 2 fully saturated rings. The molecule has 2 aliphatic carbocycles. The van der Waals surface area contributed by atoms with Gasteiger partial charge in [-0.2, -0.15) is 9.97 Å². The van der Waals surface area contributed by atoms with Crippen molar-refractivity contribution in [2.45, 2.75) is 181 Å². The second-order valence-electron chi connectivity index (χ2n) is 19.1. The molecule has 0 saturated heterocycles. The Balaban J connectivity index is 0.000000196. The minimum Gasteiger partial charge on any atom is -0.393 e. The van der Waals surface area contributed by atoms with E-state index in [1.54, 1.807) is 0 Å². The third kappa shape index (κ3) is 12.8. The van der Waals surface area contributed by atoms with Gasteiger partial charge in [-0.15, -0.1) is 0 Å². The minimum absolute atomic E-state index is 0.168. The van der Waals surface area contributed by atoms with E-state index in [0.29, 0.717) is 36.1 Å². The minimum atomic E-state index is -0.168. The van der Waals surface area contributed by atoms with Gasteiger partial charge in [-0.3, -0.25) is 0 Å². The van der Waals surface area contributed by atoms with Crippen molar-refractivity contribution in [2.24, 2.45) is 0 Å². The monoisotopic (exact) mass is 899 g/mol. The highest BCUT2D eigenvalue weighted by atomic mass is 16.3. The first-order valence-corrected chi connectivity index (χ1v) is 25.4. The number of benzene rings is 2. The maximum absolute atomic E-state index is 10.0. The molecule has 6 N–H and O–H groups in total. The summed E-state index contributed by atoms with van der Waals surface area (Å²) in [5.41, 5.74) is 9.31. The summed E-state index contributed by atoms with van der Waals surface area (Å²) in [5, 5.41) is 36.1. The van der Waals surface area contributed by atoms with Crippen molar-refractivity contribution in [3.8, 4) is 22.3 Å². The molecule has 12 nitrogen and oxygen atoms in total. The summed E-state index contributed by atoms with van der Waals surface area (Å²) >= 11 is 0. The van der Waals surface area contributed by atoms with Crippen molar-refractivity contribution in [3.63, 3.8) is 0 Å². The van der Waals surface area contributed by atoms with Gasteiger partial charge in [0.05, 0.1) is 12.2 Å². The van der Waals surface area contributed by atoms with Crippen LogP contribution in [0.4, 0.5) is 11.9 Å². The average molecular weight is 899 g/mol. The van der Waals surface area contributed by atoms with E-state index in [9.17, 15) is 10.2 Å². The molecule has 4 aromatic heterocycles. The van der Waals surface area contributed by atoms with Gasteiger partial charge in [0.25, 0.3) is 0 Å². The first kappa shape index (κ1) is 49.0. The van der Waals surface area contributed by atoms with Crippen molar-refractivity contribution < 1.29 is 10.2 Å². The number of anilines is 2. The van der Waals surface area contributed by atoms with Gasteiger partial charge >= 0.3 is 0 Å². The van der Waals surface area contributed by atoms with E-state index in [2.05, 4.69) is 143 Å². The highest BCUT2D eigenvalue weighted by Gasteiger charge is 2.26. The first-order chi connectivity index (χ1) is 32.2. The van der Waals surface area contributed by atoms with E-state index in [4.69, 9.17) is 9.97 Å². The maximum atomic E-state index is 10.0. The summed E-state index contributed by atoms with van der Waals surface area (Å²) in [6.07, 6.45) is 22.2. The normalized spacial score (nSPS) is 19.6. The fourth-order valence-corrected chi connectivity index (χ4v) is 9.76. The first-order valence-electron chi connectivity index (χ1n) is 25.4. The standard InChI is InChI=1S/2C27H39N5O/c2*1-4-6-19(3)30-27-29-17-24-25(21-9-7-20(8-10-21)16-28-15-5-2)18-32(26(24)31-27)22-11-13-23(33)14-12-22/h2*7-10,17-19,22-23,28,33H,4-6,11-16H2,1-3H3,(H,29,30,31)/t2*19-,22?,23?/m10/s1. The number of aromatic nitrogens is 6. The molecule has 0 amide bonds. The summed E-state index contributed by atoms with van der Waals surface area (Å²) in [7, 11) is 0. The topological polar surface area (TPSA) is 150 Å². The van der Waals surface area contributed by atoms with Crippen molar-refractivity contribution in [1.29, 1.82) is 0 Å². The van der Waals surface area contributed by atoms with E-state index in [1.807, 2.05) is 12.4 Å². The predicted molar refractivity (Wildman–Crippen MR) is 273 cm³/mol. The molecule has 12 heteroatoms. The molecule has 2 atom stereocenters. The Kier molecular flexibility index (Phi) is 18.0. The molecule has 0 spiro atoms. The van der Waals surface area contributed by atoms with E-state index in [1.165, 1.54) is 33.4 Å². The molecule has 2 aliphatic rings. The lowest BCUT2D eigenvalue weighted by Crippen LogP contribution is -2.21. The van der Waals surface area contributed by atoms with Crippen LogP contribution in [0.25, 0.3) is 44.3 Å². The smallest absolute Gasteiger partial charge is 0.224 e. The predicted octanol–water partition coefficient (Wildman–Crippen LogP) is 11.3. The van der Waals surface area contributed by atoms with Gasteiger partial charge in [0.15, 0.2) is 0 Å². The molecular formula is C54H78N10O2. The Bertz CT molecular complexity index is 2210. The largest absolute Gasteiger partial charge is 0.393 e. The Labute approximate surface area is 393 Å². The van der Waals surface area contributed by atoms with Crippen LogP contribution in [0, 0.1) is 0 Å². The Morgan fingerprint density at radius 1 is 0.545 bits per heavy atom. The SMILES string of the molecule is CCCNCc1ccc(-c2cn(C3CCC(O)CC3)c3nc(N[C@@H](C)CCC)ncc23)cc1.CCCNCc1ccc(-c2cn(C3CCC(O)CC3)c3nc(N[C@H](C)CCC)ncc23)cc1. The molecule has 6 aromatic rings. The molecule has 356 valence electrons. The van der Waals surface area contributed by atoms with Crippen LogP contribution in [0.2, 0.25) is 0 Å². The van der Waals surface area contributed by atoms with Gasteiger partial charge in [-0.25, -0.2) is 9.97 Å². The zero-order valence-corrected chi connectivity index (χ0v) is 40.7. The van der Waals surface area contributed by atoms with Crippen molar-refractivity contribution in [1.82, 2.24) is 39.7 Å². The number of hydrogen-bond donors (Lipinski definition) is 6. The maximum Gasteiger partial charge on any atom is 0.224 e. The van der Waals surface area contributed by atoms with Gasteiger partial charge in [0.1, 0.15) is 11.3 Å². The highest BCUT2D eigenvalue weighted by molar-refractivity contribution is 5.95. The average Bonchev–Trinajstić information content (AvgIpc) is 3.89. The summed E-state index contributed by atoms with van der Waals surface area (Å²) in [4.78, 5) is 19.3. The van der Waals surface area contributed by atoms with Crippen molar-refractivity contribution in [3.05, 3.63) is 84.4 Å². The van der Waals surface area contributed by atoms with Crippen molar-refractivity contribution in [2.75, 3.05) is 23.7 Å². The Hall–Kier alpha value is -4.88. The third-order valence-corrected chi connectivity index (χ3v) is 13.5. The van der Waals surface area contributed by atoms with E-state index in [0.717, 1.165) is 138 Å². The molecule has 4 heterocycles. The summed E-state index contributed by atoms with van der Waals surface area (Å²) in [6, 6.07) is 19.1. The van der Waals surface area contributed by atoms with Gasteiger partial charge in [0, 0.05) is 83.9 Å². The van der Waals surface area contributed by atoms with E-state index < -0.39 is 0 Å². The van der Waals surface area contributed by atoms with Crippen LogP contribution in [0.3, 0.4) is 0 Å². The molecule has 0 aliphatic heterocycles. The summed E-state index contributed by atoms with van der Waals surface area (Å²) < 4.78 is 4.68. The Morgan fingerprint density at radius 3 is 1.27 bits per heavy atom. The van der Waals surface area contributed by atoms with Gasteiger partial charge in [0.2, 0.25) is 11.9 Å². The van der Waals surface area contributed by atoms with Crippen LogP contribution < -0.4 is 21.3 Å². The second kappa shape index (κ2) is 24.2. The Morgan fingerprint density at radius 2 is 0.924 bits per heavy atom. The van der Waals surface area contributed by atoms with Crippen molar-refractivity contribution >= 4 is 34.0 Å². The van der Waals surface area contributed by atoms with Gasteiger partial charge in [-0.1, -0.05) is 89.1 Å². The molecule has 0 radical (unpaired) electrons. The number of nitrogens with one attached hydrogen (secondary N) is 4. The van der Waals surface area contributed by atoms with Gasteiger partial charge in [-0.05, 0) is 126 Å². The number of hydrogen-bond acceptors (Lipinski definition) is 10. The van der Waals surface area contributed by atoms with Gasteiger partial charge < -0.3 is 40.6 Å². The molecule has 0 bridgehead atoms. The zero-order valence-electron chi connectivity index (χ0n) is 40.7. The number of fused-ring (bicyclic) bond motifs is 2. The fourth-order valence-electron chi connectivity index (χ4n) is 9.76. The number of rotatable bonds is 20. The zero-order chi connectivity index (χ0) is 46.4. The lowest BCUT2D eigenvalue weighted by Gasteiger charge is -2.27.